The third-order valence-corrected chi connectivity index (χ3v) is 0.754. The highest BCUT2D eigenvalue weighted by molar-refractivity contribution is 5.76. The molecule has 0 aliphatic heterocycles. The Morgan fingerprint density at radius 3 is 1.29 bits per heavy atom. The molecule has 0 aliphatic carbocycles. The van der Waals surface area contributed by atoms with E-state index < -0.39 is 24.2 Å². The number of hydrogen-bond donors (Lipinski definition) is 2. The molecular formula is C4H4F4O6. The van der Waals surface area contributed by atoms with Gasteiger partial charge in [-0.1, -0.05) is 0 Å². The summed E-state index contributed by atoms with van der Waals surface area (Å²) in [6.45, 7) is 0. The summed E-state index contributed by atoms with van der Waals surface area (Å²) in [7, 11) is 0. The van der Waals surface area contributed by atoms with Crippen LogP contribution in [0.4, 0.5) is 17.6 Å². The molecule has 4 N–H and O–H groups in total. The molecule has 0 saturated heterocycles. The van der Waals surface area contributed by atoms with Crippen molar-refractivity contribution in [1.29, 1.82) is 0 Å². The summed E-state index contributed by atoms with van der Waals surface area (Å²) < 4.78 is 49.6. The quantitative estimate of drug-likeness (QED) is 0.626. The largest absolute Gasteiger partial charge is 0.475 e. The van der Waals surface area contributed by atoms with Gasteiger partial charge in [-0.15, -0.1) is 0 Å². The third-order valence-electron chi connectivity index (χ3n) is 0.754. The molecule has 0 fully saturated rings. The second-order valence-corrected chi connectivity index (χ2v) is 1.75. The number of ether oxygens (including phenoxy) is 1. The van der Waals surface area contributed by atoms with Crippen LogP contribution in [0.2, 0.25) is 0 Å². The molecule has 10 heteroatoms. The average Bonchev–Trinajstić information content (AvgIpc) is 1.83. The van der Waals surface area contributed by atoms with E-state index in [2.05, 4.69) is 4.74 Å². The first kappa shape index (κ1) is 15.1. The van der Waals surface area contributed by atoms with Gasteiger partial charge >= 0.3 is 24.2 Å². The van der Waals surface area contributed by atoms with Crippen molar-refractivity contribution in [3.63, 3.8) is 0 Å². The van der Waals surface area contributed by atoms with Gasteiger partial charge in [0.15, 0.2) is 0 Å². The number of carboxylic acid groups (broad SMARTS) is 2. The zero-order chi connectivity index (χ0) is 10.9. The lowest BCUT2D eigenvalue weighted by atomic mass is 10.6. The fourth-order valence-electron chi connectivity index (χ4n) is 0.248. The smallest absolute Gasteiger partial charge is 0.460 e. The van der Waals surface area contributed by atoms with Crippen LogP contribution in [0.3, 0.4) is 0 Å². The summed E-state index contributed by atoms with van der Waals surface area (Å²) in [4.78, 5) is 19.0. The lowest BCUT2D eigenvalue weighted by Crippen LogP contribution is -2.43. The van der Waals surface area contributed by atoms with Crippen molar-refractivity contribution in [2.45, 2.75) is 12.2 Å². The van der Waals surface area contributed by atoms with E-state index in [9.17, 15) is 27.2 Å². The zero-order valence-electron chi connectivity index (χ0n) is 6.13. The van der Waals surface area contributed by atoms with Crippen LogP contribution in [0.5, 0.6) is 0 Å². The van der Waals surface area contributed by atoms with Crippen LogP contribution in [0, 0.1) is 0 Å². The first-order valence-corrected chi connectivity index (χ1v) is 2.52. The number of aliphatic carboxylic acids is 2. The average molecular weight is 224 g/mol. The Morgan fingerprint density at radius 2 is 1.14 bits per heavy atom. The van der Waals surface area contributed by atoms with Crippen molar-refractivity contribution >= 4 is 11.9 Å². The first-order chi connectivity index (χ1) is 5.59. The number of halogens is 4. The lowest BCUT2D eigenvalue weighted by Gasteiger charge is -2.16. The molecule has 6 nitrogen and oxygen atoms in total. The van der Waals surface area contributed by atoms with Crippen molar-refractivity contribution in [2.24, 2.45) is 0 Å². The molecule has 0 aromatic carbocycles. The Balaban J connectivity index is 0. The summed E-state index contributed by atoms with van der Waals surface area (Å²) in [6.07, 6.45) is -10.5. The van der Waals surface area contributed by atoms with Crippen LogP contribution in [0.1, 0.15) is 0 Å². The molecule has 0 unspecified atom stereocenters. The van der Waals surface area contributed by atoms with E-state index in [4.69, 9.17) is 10.2 Å². The molecule has 0 saturated carbocycles. The van der Waals surface area contributed by atoms with Gasteiger partial charge in [0.1, 0.15) is 0 Å². The summed E-state index contributed by atoms with van der Waals surface area (Å²) in [5, 5.41) is 15.2. The van der Waals surface area contributed by atoms with Crippen molar-refractivity contribution in [1.82, 2.24) is 0 Å². The van der Waals surface area contributed by atoms with Crippen LogP contribution < -0.4 is 0 Å². The molecule has 0 aromatic heterocycles. The molecule has 0 bridgehead atoms. The van der Waals surface area contributed by atoms with Crippen LogP contribution in [-0.4, -0.2) is 39.8 Å². The Morgan fingerprint density at radius 1 is 0.929 bits per heavy atom. The van der Waals surface area contributed by atoms with Gasteiger partial charge in [0.25, 0.3) is 0 Å². The molecule has 14 heavy (non-hydrogen) atoms. The van der Waals surface area contributed by atoms with Gasteiger partial charge in [0.05, 0.1) is 0 Å². The molecular weight excluding hydrogens is 220 g/mol. The molecule has 0 atom stereocenters. The minimum Gasteiger partial charge on any atom is -0.475 e. The normalized spacial score (nSPS) is 11.7. The van der Waals surface area contributed by atoms with Crippen LogP contribution in [-0.2, 0) is 14.3 Å². The second kappa shape index (κ2) is 4.19. The van der Waals surface area contributed by atoms with E-state index in [1.165, 1.54) is 0 Å². The van der Waals surface area contributed by atoms with Crippen molar-refractivity contribution < 1.29 is 47.6 Å². The maximum atomic E-state index is 11.8. The monoisotopic (exact) mass is 224 g/mol. The summed E-state index contributed by atoms with van der Waals surface area (Å²) in [6, 6.07) is 0. The number of carboxylic acids is 2. The Hall–Kier alpha value is -1.42. The van der Waals surface area contributed by atoms with Crippen molar-refractivity contribution in [3.8, 4) is 0 Å². The summed E-state index contributed by atoms with van der Waals surface area (Å²) in [5.41, 5.74) is 0. The third kappa shape index (κ3) is 3.53. The maximum Gasteiger partial charge on any atom is 0.460 e. The Labute approximate surface area is 73.0 Å². The number of alkyl halides is 4. The van der Waals surface area contributed by atoms with Gasteiger partial charge in [-0.2, -0.15) is 17.6 Å². The van der Waals surface area contributed by atoms with Gasteiger partial charge in [-0.3, -0.25) is 0 Å². The van der Waals surface area contributed by atoms with E-state index in [-0.39, 0.29) is 5.48 Å². The second-order valence-electron chi connectivity index (χ2n) is 1.75. The van der Waals surface area contributed by atoms with Gasteiger partial charge < -0.3 is 15.7 Å². The SMILES string of the molecule is O.O=C(O)C(F)(F)OC(F)(F)C(=O)O. The molecule has 0 aliphatic rings. The number of carbonyl (C=O) groups is 2. The summed E-state index contributed by atoms with van der Waals surface area (Å²) >= 11 is 0. The van der Waals surface area contributed by atoms with Gasteiger partial charge in [0, 0.05) is 0 Å². The molecule has 0 heterocycles. The van der Waals surface area contributed by atoms with Crippen LogP contribution in [0.15, 0.2) is 0 Å². The van der Waals surface area contributed by atoms with Crippen LogP contribution in [0.25, 0.3) is 0 Å². The maximum absolute atomic E-state index is 11.8. The fraction of sp³-hybridized carbons (Fsp3) is 0.500. The molecule has 0 amide bonds. The van der Waals surface area contributed by atoms with Gasteiger partial charge in [0.2, 0.25) is 0 Å². The Bertz CT molecular complexity index is 214. The van der Waals surface area contributed by atoms with E-state index in [0.717, 1.165) is 0 Å². The summed E-state index contributed by atoms with van der Waals surface area (Å²) in [5.74, 6) is -6.01. The highest BCUT2D eigenvalue weighted by atomic mass is 19.3. The van der Waals surface area contributed by atoms with Gasteiger partial charge in [-0.25, -0.2) is 14.3 Å². The molecule has 0 spiro atoms. The number of rotatable bonds is 4. The minimum atomic E-state index is -5.25. The molecule has 0 aromatic rings. The predicted molar refractivity (Wildman–Crippen MR) is 29.9 cm³/mol. The standard InChI is InChI=1S/C4H2F4O5.H2O/c5-3(6,1(9)10)13-4(7,8)2(11)12;/h(H,9,10)(H,11,12);1H2. The van der Waals surface area contributed by atoms with Gasteiger partial charge in [-0.05, 0) is 0 Å². The highest BCUT2D eigenvalue weighted by Crippen LogP contribution is 2.27. The van der Waals surface area contributed by atoms with Crippen LogP contribution >= 0.6 is 0 Å². The highest BCUT2D eigenvalue weighted by Gasteiger charge is 2.54. The molecule has 0 radical (unpaired) electrons. The van der Waals surface area contributed by atoms with E-state index >= 15 is 0 Å². The Kier molecular flexibility index (Phi) is 4.51. The molecule has 0 rings (SSSR count). The van der Waals surface area contributed by atoms with Crippen molar-refractivity contribution in [2.75, 3.05) is 0 Å². The topological polar surface area (TPSA) is 115 Å². The van der Waals surface area contributed by atoms with Crippen molar-refractivity contribution in [3.05, 3.63) is 0 Å². The molecule has 84 valence electrons. The number of hydrogen-bond acceptors (Lipinski definition) is 3. The van der Waals surface area contributed by atoms with E-state index in [1.54, 1.807) is 0 Å². The first-order valence-electron chi connectivity index (χ1n) is 2.52. The zero-order valence-corrected chi connectivity index (χ0v) is 6.13. The predicted octanol–water partition coefficient (Wildman–Crippen LogP) is -0.467. The van der Waals surface area contributed by atoms with E-state index in [0.29, 0.717) is 0 Å². The van der Waals surface area contributed by atoms with E-state index in [1.807, 2.05) is 0 Å². The fourth-order valence-corrected chi connectivity index (χ4v) is 0.248. The lowest BCUT2D eigenvalue weighted by molar-refractivity contribution is -0.352. The minimum absolute atomic E-state index is 0.